The minimum atomic E-state index is -4.52. The number of benzene rings is 6. The molecule has 1 aromatic heterocycles. The van der Waals surface area contributed by atoms with Crippen molar-refractivity contribution in [3.05, 3.63) is 139 Å². The van der Waals surface area contributed by atoms with Crippen LogP contribution in [0.5, 0.6) is 0 Å². The number of alkyl halides is 6. The maximum atomic E-state index is 13.2. The van der Waals surface area contributed by atoms with Crippen LogP contribution in [0.15, 0.2) is 127 Å². The standard InChI is InChI=1S/C37H21F6N3/c38-36(39,40)28-17-13-24(14-18-28)34-44-33(45-35(46-34)25-15-19-29(20-16-25)37(41,42)43)23-11-9-22(10-12-23)32-30-7-3-1-5-26(30)21-27-6-2-4-8-31(27)32/h1-21H. The summed E-state index contributed by atoms with van der Waals surface area (Å²) >= 11 is 0. The van der Waals surface area contributed by atoms with Gasteiger partial charge in [0.2, 0.25) is 0 Å². The van der Waals surface area contributed by atoms with Gasteiger partial charge in [-0.2, -0.15) is 26.3 Å². The molecule has 0 saturated carbocycles. The van der Waals surface area contributed by atoms with Gasteiger partial charge in [-0.25, -0.2) is 15.0 Å². The first-order valence-corrected chi connectivity index (χ1v) is 14.2. The van der Waals surface area contributed by atoms with Crippen LogP contribution in [-0.4, -0.2) is 15.0 Å². The Balaban J connectivity index is 1.34. The van der Waals surface area contributed by atoms with E-state index in [-0.39, 0.29) is 17.5 Å². The van der Waals surface area contributed by atoms with Crippen molar-refractivity contribution in [3.63, 3.8) is 0 Å². The van der Waals surface area contributed by atoms with Gasteiger partial charge in [0.05, 0.1) is 11.1 Å². The zero-order valence-electron chi connectivity index (χ0n) is 23.7. The highest BCUT2D eigenvalue weighted by molar-refractivity contribution is 6.12. The fourth-order valence-corrected chi connectivity index (χ4v) is 5.49. The molecule has 0 aliphatic carbocycles. The third-order valence-corrected chi connectivity index (χ3v) is 7.78. The molecule has 0 radical (unpaired) electrons. The summed E-state index contributed by atoms with van der Waals surface area (Å²) in [5.74, 6) is 0.379. The molecule has 0 saturated heterocycles. The van der Waals surface area contributed by atoms with Crippen molar-refractivity contribution in [1.29, 1.82) is 0 Å². The molecule has 0 bridgehead atoms. The van der Waals surface area contributed by atoms with E-state index in [0.29, 0.717) is 16.7 Å². The number of halogens is 6. The molecule has 0 N–H and O–H groups in total. The summed E-state index contributed by atoms with van der Waals surface area (Å²) in [7, 11) is 0. The minimum absolute atomic E-state index is 0.0812. The number of aromatic nitrogens is 3. The first-order chi connectivity index (χ1) is 22.0. The second-order valence-electron chi connectivity index (χ2n) is 10.7. The fraction of sp³-hybridized carbons (Fsp3) is 0.0541. The van der Waals surface area contributed by atoms with E-state index in [1.807, 2.05) is 48.5 Å². The molecule has 0 fully saturated rings. The van der Waals surface area contributed by atoms with Gasteiger partial charge in [-0.1, -0.05) is 97.1 Å². The summed E-state index contributed by atoms with van der Waals surface area (Å²) < 4.78 is 79.3. The van der Waals surface area contributed by atoms with Crippen molar-refractivity contribution in [2.45, 2.75) is 12.4 Å². The number of hydrogen-bond donors (Lipinski definition) is 0. The normalized spacial score (nSPS) is 12.1. The molecule has 7 aromatic rings. The van der Waals surface area contributed by atoms with E-state index in [4.69, 9.17) is 0 Å². The van der Waals surface area contributed by atoms with E-state index in [1.54, 1.807) is 0 Å². The molecule has 7 rings (SSSR count). The monoisotopic (exact) mass is 621 g/mol. The number of fused-ring (bicyclic) bond motifs is 2. The topological polar surface area (TPSA) is 38.7 Å². The van der Waals surface area contributed by atoms with Crippen LogP contribution in [-0.2, 0) is 12.4 Å². The number of nitrogens with zero attached hydrogens (tertiary/aromatic N) is 3. The highest BCUT2D eigenvalue weighted by Crippen LogP contribution is 2.38. The SMILES string of the molecule is FC(F)(F)c1ccc(-c2nc(-c3ccc(-c4c5ccccc5cc5ccccc45)cc3)nc(-c3ccc(C(F)(F)F)cc3)n2)cc1. The number of hydrogen-bond acceptors (Lipinski definition) is 3. The van der Waals surface area contributed by atoms with E-state index in [2.05, 4.69) is 45.3 Å². The van der Waals surface area contributed by atoms with Gasteiger partial charge in [0.1, 0.15) is 0 Å². The van der Waals surface area contributed by atoms with Crippen molar-refractivity contribution in [3.8, 4) is 45.3 Å². The summed E-state index contributed by atoms with van der Waals surface area (Å²) in [6, 6.07) is 34.7. The molecule has 0 spiro atoms. The second-order valence-corrected chi connectivity index (χ2v) is 10.7. The minimum Gasteiger partial charge on any atom is -0.208 e. The smallest absolute Gasteiger partial charge is 0.208 e. The van der Waals surface area contributed by atoms with Gasteiger partial charge in [-0.3, -0.25) is 0 Å². The Morgan fingerprint density at radius 2 is 0.696 bits per heavy atom. The average Bonchev–Trinajstić information content (AvgIpc) is 3.06. The van der Waals surface area contributed by atoms with Crippen LogP contribution in [0.2, 0.25) is 0 Å². The van der Waals surface area contributed by atoms with Crippen LogP contribution >= 0.6 is 0 Å². The molecular weight excluding hydrogens is 600 g/mol. The molecule has 0 aliphatic rings. The van der Waals surface area contributed by atoms with Gasteiger partial charge in [0, 0.05) is 16.7 Å². The summed E-state index contributed by atoms with van der Waals surface area (Å²) in [5.41, 5.74) is 1.54. The lowest BCUT2D eigenvalue weighted by molar-refractivity contribution is -0.138. The molecule has 0 aliphatic heterocycles. The molecule has 0 unspecified atom stereocenters. The van der Waals surface area contributed by atoms with Crippen molar-refractivity contribution in [2.75, 3.05) is 0 Å². The molecule has 0 amide bonds. The Hall–Kier alpha value is -5.57. The van der Waals surface area contributed by atoms with E-state index in [0.717, 1.165) is 56.9 Å². The van der Waals surface area contributed by atoms with Crippen LogP contribution < -0.4 is 0 Å². The second kappa shape index (κ2) is 11.1. The van der Waals surface area contributed by atoms with E-state index in [1.165, 1.54) is 24.3 Å². The quantitative estimate of drug-likeness (QED) is 0.145. The van der Waals surface area contributed by atoms with Crippen LogP contribution in [0.4, 0.5) is 26.3 Å². The molecular formula is C37H21F6N3. The molecule has 6 aromatic carbocycles. The zero-order chi connectivity index (χ0) is 32.1. The lowest BCUT2D eigenvalue weighted by Gasteiger charge is -2.13. The van der Waals surface area contributed by atoms with E-state index < -0.39 is 23.5 Å². The summed E-state index contributed by atoms with van der Waals surface area (Å²) in [5, 5.41) is 4.37. The number of rotatable bonds is 4. The Kier molecular flexibility index (Phi) is 7.04. The maximum absolute atomic E-state index is 13.2. The first-order valence-electron chi connectivity index (χ1n) is 14.2. The lowest BCUT2D eigenvalue weighted by atomic mass is 9.92. The third kappa shape index (κ3) is 5.56. The Morgan fingerprint density at radius 1 is 0.370 bits per heavy atom. The molecule has 0 atom stereocenters. The van der Waals surface area contributed by atoms with E-state index in [9.17, 15) is 26.3 Å². The molecule has 46 heavy (non-hydrogen) atoms. The molecule has 3 nitrogen and oxygen atoms in total. The van der Waals surface area contributed by atoms with Gasteiger partial charge in [0.25, 0.3) is 0 Å². The Morgan fingerprint density at radius 3 is 1.07 bits per heavy atom. The highest BCUT2D eigenvalue weighted by Gasteiger charge is 2.31. The summed E-state index contributed by atoms with van der Waals surface area (Å²) in [4.78, 5) is 13.6. The fourth-order valence-electron chi connectivity index (χ4n) is 5.49. The summed E-state index contributed by atoms with van der Waals surface area (Å²) in [6.45, 7) is 0. The Labute approximate surface area is 258 Å². The van der Waals surface area contributed by atoms with Crippen LogP contribution in [0.25, 0.3) is 66.8 Å². The van der Waals surface area contributed by atoms with E-state index >= 15 is 0 Å². The van der Waals surface area contributed by atoms with Gasteiger partial charge in [0.15, 0.2) is 17.5 Å². The molecule has 9 heteroatoms. The van der Waals surface area contributed by atoms with Crippen LogP contribution in [0.1, 0.15) is 11.1 Å². The lowest BCUT2D eigenvalue weighted by Crippen LogP contribution is -2.05. The zero-order valence-corrected chi connectivity index (χ0v) is 23.7. The van der Waals surface area contributed by atoms with Crippen LogP contribution in [0, 0.1) is 0 Å². The molecule has 1 heterocycles. The van der Waals surface area contributed by atoms with Crippen molar-refractivity contribution >= 4 is 21.5 Å². The van der Waals surface area contributed by atoms with Gasteiger partial charge >= 0.3 is 12.4 Å². The van der Waals surface area contributed by atoms with Crippen LogP contribution in [0.3, 0.4) is 0 Å². The highest BCUT2D eigenvalue weighted by atomic mass is 19.4. The maximum Gasteiger partial charge on any atom is 0.416 e. The predicted octanol–water partition coefficient (Wildman–Crippen LogP) is 10.9. The Bertz CT molecular complexity index is 2070. The largest absolute Gasteiger partial charge is 0.416 e. The van der Waals surface area contributed by atoms with Crippen molar-refractivity contribution in [1.82, 2.24) is 15.0 Å². The molecule has 226 valence electrons. The third-order valence-electron chi connectivity index (χ3n) is 7.78. The van der Waals surface area contributed by atoms with Crippen molar-refractivity contribution in [2.24, 2.45) is 0 Å². The first kappa shape index (κ1) is 29.2. The van der Waals surface area contributed by atoms with Crippen molar-refractivity contribution < 1.29 is 26.3 Å². The average molecular weight is 622 g/mol. The van der Waals surface area contributed by atoms with Gasteiger partial charge in [-0.15, -0.1) is 0 Å². The predicted molar refractivity (Wildman–Crippen MR) is 167 cm³/mol. The summed E-state index contributed by atoms with van der Waals surface area (Å²) in [6.07, 6.45) is -9.04. The van der Waals surface area contributed by atoms with Gasteiger partial charge in [-0.05, 0) is 63.0 Å². The van der Waals surface area contributed by atoms with Gasteiger partial charge < -0.3 is 0 Å².